The van der Waals surface area contributed by atoms with Crippen LogP contribution in [0.1, 0.15) is 25.8 Å². The first kappa shape index (κ1) is 12.2. The third-order valence-electron chi connectivity index (χ3n) is 2.27. The topological polar surface area (TPSA) is 63.8 Å². The zero-order valence-electron chi connectivity index (χ0n) is 9.64. The zero-order valence-corrected chi connectivity index (χ0v) is 11.2. The van der Waals surface area contributed by atoms with Gasteiger partial charge in [-0.05, 0) is 35.5 Å². The van der Waals surface area contributed by atoms with Crippen LogP contribution in [0.25, 0.3) is 11.5 Å². The van der Waals surface area contributed by atoms with Crippen LogP contribution in [-0.4, -0.2) is 21.7 Å². The van der Waals surface area contributed by atoms with Gasteiger partial charge in [-0.15, -0.1) is 10.2 Å². The van der Waals surface area contributed by atoms with E-state index in [2.05, 4.69) is 36.4 Å². The fourth-order valence-corrected chi connectivity index (χ4v) is 1.81. The maximum absolute atomic E-state index is 5.59. The van der Waals surface area contributed by atoms with Gasteiger partial charge >= 0.3 is 0 Å². The van der Waals surface area contributed by atoms with E-state index in [9.17, 15) is 0 Å². The Hall–Kier alpha value is -1.27. The van der Waals surface area contributed by atoms with Crippen LogP contribution in [0.3, 0.4) is 0 Å². The van der Waals surface area contributed by atoms with E-state index in [4.69, 9.17) is 4.42 Å². The summed E-state index contributed by atoms with van der Waals surface area (Å²) in [4.78, 5) is 4.06. The summed E-state index contributed by atoms with van der Waals surface area (Å²) in [5.74, 6) is 1.07. The van der Waals surface area contributed by atoms with Crippen molar-refractivity contribution in [1.82, 2.24) is 20.5 Å². The van der Waals surface area contributed by atoms with Crippen molar-refractivity contribution in [3.8, 4) is 11.5 Å². The minimum absolute atomic E-state index is 0.0568. The molecule has 2 aromatic rings. The molecule has 0 aliphatic carbocycles. The summed E-state index contributed by atoms with van der Waals surface area (Å²) < 4.78 is 6.48. The molecule has 0 radical (unpaired) electrons. The predicted octanol–water partition coefficient (Wildman–Crippen LogP) is 2.56. The Morgan fingerprint density at radius 3 is 2.94 bits per heavy atom. The van der Waals surface area contributed by atoms with Crippen molar-refractivity contribution in [1.29, 1.82) is 0 Å². The third-order valence-corrected chi connectivity index (χ3v) is 2.71. The van der Waals surface area contributed by atoms with Crippen LogP contribution in [0.4, 0.5) is 0 Å². The van der Waals surface area contributed by atoms with Gasteiger partial charge in [0.2, 0.25) is 11.8 Å². The molecule has 0 saturated carbocycles. The fourth-order valence-electron chi connectivity index (χ4n) is 1.45. The lowest BCUT2D eigenvalue weighted by atomic mass is 10.3. The van der Waals surface area contributed by atoms with E-state index >= 15 is 0 Å². The van der Waals surface area contributed by atoms with Gasteiger partial charge in [0.15, 0.2) is 0 Å². The van der Waals surface area contributed by atoms with Crippen LogP contribution < -0.4 is 5.32 Å². The Morgan fingerprint density at radius 2 is 2.24 bits per heavy atom. The van der Waals surface area contributed by atoms with E-state index in [1.807, 2.05) is 19.9 Å². The quantitative estimate of drug-likeness (QED) is 0.939. The number of nitrogens with zero attached hydrogens (tertiary/aromatic N) is 3. The molecule has 2 rings (SSSR count). The number of pyridine rings is 1. The van der Waals surface area contributed by atoms with Gasteiger partial charge in [-0.3, -0.25) is 4.98 Å². The van der Waals surface area contributed by atoms with Crippen LogP contribution in [0, 0.1) is 0 Å². The zero-order chi connectivity index (χ0) is 12.3. The average molecular weight is 297 g/mol. The van der Waals surface area contributed by atoms with Gasteiger partial charge in [-0.25, -0.2) is 0 Å². The normalized spacial score (nSPS) is 12.6. The number of hydrogen-bond donors (Lipinski definition) is 1. The first-order chi connectivity index (χ1) is 8.20. The molecule has 2 aromatic heterocycles. The summed E-state index contributed by atoms with van der Waals surface area (Å²) in [7, 11) is 0. The van der Waals surface area contributed by atoms with E-state index in [1.165, 1.54) is 0 Å². The standard InChI is InChI=1S/C11H13BrN4O/c1-3-14-7(2)10-15-16-11(17-10)8-4-9(12)6-13-5-8/h4-7,14H,3H2,1-2H3. The van der Waals surface area contributed by atoms with E-state index in [1.54, 1.807) is 12.4 Å². The molecular weight excluding hydrogens is 284 g/mol. The first-order valence-corrected chi connectivity index (χ1v) is 6.17. The van der Waals surface area contributed by atoms with Gasteiger partial charge in [0.05, 0.1) is 11.6 Å². The largest absolute Gasteiger partial charge is 0.419 e. The number of nitrogens with one attached hydrogen (secondary N) is 1. The van der Waals surface area contributed by atoms with Crippen molar-refractivity contribution in [2.45, 2.75) is 19.9 Å². The fraction of sp³-hybridized carbons (Fsp3) is 0.364. The summed E-state index contributed by atoms with van der Waals surface area (Å²) >= 11 is 3.36. The lowest BCUT2D eigenvalue weighted by Crippen LogP contribution is -2.17. The molecule has 0 fully saturated rings. The van der Waals surface area contributed by atoms with Gasteiger partial charge < -0.3 is 9.73 Å². The molecule has 5 nitrogen and oxygen atoms in total. The molecule has 0 aromatic carbocycles. The Kier molecular flexibility index (Phi) is 3.86. The molecule has 90 valence electrons. The number of rotatable bonds is 4. The summed E-state index contributed by atoms with van der Waals surface area (Å²) in [6.45, 7) is 4.88. The molecule has 0 aliphatic rings. The summed E-state index contributed by atoms with van der Waals surface area (Å²) in [6.07, 6.45) is 3.40. The first-order valence-electron chi connectivity index (χ1n) is 5.38. The van der Waals surface area contributed by atoms with Crippen molar-refractivity contribution >= 4 is 15.9 Å². The lowest BCUT2D eigenvalue weighted by Gasteiger charge is -2.05. The van der Waals surface area contributed by atoms with E-state index < -0.39 is 0 Å². The molecule has 17 heavy (non-hydrogen) atoms. The molecule has 1 unspecified atom stereocenters. The van der Waals surface area contributed by atoms with E-state index in [0.717, 1.165) is 16.6 Å². The molecule has 0 aliphatic heterocycles. The highest BCUT2D eigenvalue weighted by Gasteiger charge is 2.14. The molecule has 0 spiro atoms. The van der Waals surface area contributed by atoms with Gasteiger partial charge in [0.25, 0.3) is 0 Å². The molecule has 2 heterocycles. The highest BCUT2D eigenvalue weighted by molar-refractivity contribution is 9.10. The Bertz CT molecular complexity index is 500. The van der Waals surface area contributed by atoms with Crippen LogP contribution in [0.2, 0.25) is 0 Å². The van der Waals surface area contributed by atoms with Crippen molar-refractivity contribution in [3.63, 3.8) is 0 Å². The summed E-state index contributed by atoms with van der Waals surface area (Å²) in [5, 5.41) is 11.2. The summed E-state index contributed by atoms with van der Waals surface area (Å²) in [6, 6.07) is 1.95. The monoisotopic (exact) mass is 296 g/mol. The molecular formula is C11H13BrN4O. The van der Waals surface area contributed by atoms with Crippen molar-refractivity contribution < 1.29 is 4.42 Å². The number of aromatic nitrogens is 3. The Morgan fingerprint density at radius 1 is 1.41 bits per heavy atom. The Labute approximate surface area is 108 Å². The van der Waals surface area contributed by atoms with Gasteiger partial charge in [0, 0.05) is 16.9 Å². The third kappa shape index (κ3) is 2.89. The maximum Gasteiger partial charge on any atom is 0.249 e. The molecule has 1 atom stereocenters. The van der Waals surface area contributed by atoms with Crippen molar-refractivity contribution in [2.24, 2.45) is 0 Å². The maximum atomic E-state index is 5.59. The molecule has 1 N–H and O–H groups in total. The number of halogens is 1. The predicted molar refractivity (Wildman–Crippen MR) is 67.3 cm³/mol. The van der Waals surface area contributed by atoms with E-state index in [0.29, 0.717) is 11.8 Å². The molecule has 6 heteroatoms. The van der Waals surface area contributed by atoms with Gasteiger partial charge in [-0.2, -0.15) is 0 Å². The van der Waals surface area contributed by atoms with Gasteiger partial charge in [0.1, 0.15) is 0 Å². The minimum atomic E-state index is 0.0568. The average Bonchev–Trinajstić information content (AvgIpc) is 2.78. The summed E-state index contributed by atoms with van der Waals surface area (Å²) in [5.41, 5.74) is 0.807. The highest BCUT2D eigenvalue weighted by Crippen LogP contribution is 2.22. The SMILES string of the molecule is CCNC(C)c1nnc(-c2cncc(Br)c2)o1. The molecule has 0 saturated heterocycles. The highest BCUT2D eigenvalue weighted by atomic mass is 79.9. The molecule has 0 amide bonds. The van der Waals surface area contributed by atoms with Crippen LogP contribution >= 0.6 is 15.9 Å². The second-order valence-electron chi connectivity index (χ2n) is 3.62. The van der Waals surface area contributed by atoms with Crippen molar-refractivity contribution in [2.75, 3.05) is 6.54 Å². The van der Waals surface area contributed by atoms with E-state index in [-0.39, 0.29) is 6.04 Å². The van der Waals surface area contributed by atoms with Crippen LogP contribution in [-0.2, 0) is 0 Å². The van der Waals surface area contributed by atoms with Crippen LogP contribution in [0.5, 0.6) is 0 Å². The Balaban J connectivity index is 2.23. The van der Waals surface area contributed by atoms with Crippen molar-refractivity contribution in [3.05, 3.63) is 28.8 Å². The second kappa shape index (κ2) is 5.37. The van der Waals surface area contributed by atoms with Crippen LogP contribution in [0.15, 0.2) is 27.3 Å². The smallest absolute Gasteiger partial charge is 0.249 e. The lowest BCUT2D eigenvalue weighted by molar-refractivity contribution is 0.429. The minimum Gasteiger partial charge on any atom is -0.419 e. The number of hydrogen-bond acceptors (Lipinski definition) is 5. The molecule has 0 bridgehead atoms. The second-order valence-corrected chi connectivity index (χ2v) is 4.53. The van der Waals surface area contributed by atoms with Gasteiger partial charge in [-0.1, -0.05) is 6.92 Å².